The van der Waals surface area contributed by atoms with Crippen molar-refractivity contribution in [3.8, 4) is 0 Å². The van der Waals surface area contributed by atoms with Gasteiger partial charge >= 0.3 is 0 Å². The van der Waals surface area contributed by atoms with Crippen LogP contribution in [-0.2, 0) is 19.6 Å². The molecule has 1 aromatic rings. The molecule has 0 radical (unpaired) electrons. The highest BCUT2D eigenvalue weighted by molar-refractivity contribution is 7.89. The molecule has 1 heterocycles. The van der Waals surface area contributed by atoms with Gasteiger partial charge in [-0.1, -0.05) is 44.2 Å². The second-order valence-electron chi connectivity index (χ2n) is 6.74. The third-order valence-electron chi connectivity index (χ3n) is 4.46. The van der Waals surface area contributed by atoms with Gasteiger partial charge in [-0.2, -0.15) is 4.31 Å². The third kappa shape index (κ3) is 7.08. The molecule has 2 rings (SSSR count). The highest BCUT2D eigenvalue weighted by atomic mass is 32.2. The van der Waals surface area contributed by atoms with Crippen molar-refractivity contribution in [2.24, 2.45) is 0 Å². The van der Waals surface area contributed by atoms with E-state index in [0.717, 1.165) is 12.0 Å². The van der Waals surface area contributed by atoms with Gasteiger partial charge in [0.15, 0.2) is 0 Å². The Morgan fingerprint density at radius 1 is 1.18 bits per heavy atom. The van der Waals surface area contributed by atoms with Crippen molar-refractivity contribution in [2.75, 3.05) is 13.1 Å². The van der Waals surface area contributed by atoms with Gasteiger partial charge in [-0.15, -0.1) is 5.73 Å². The fourth-order valence-corrected chi connectivity index (χ4v) is 4.29. The van der Waals surface area contributed by atoms with E-state index in [4.69, 9.17) is 0 Å². The number of sulfonamides is 1. The van der Waals surface area contributed by atoms with E-state index in [-0.39, 0.29) is 17.4 Å². The lowest BCUT2D eigenvalue weighted by Crippen LogP contribution is -2.47. The SMILES string of the molecule is C=C=C.CCCCC(=O)C(=O)NC1CCN(S(=O)(=O)c2ccc(C)cc2)CC1. The van der Waals surface area contributed by atoms with E-state index in [2.05, 4.69) is 24.2 Å². The van der Waals surface area contributed by atoms with Gasteiger partial charge in [-0.3, -0.25) is 9.59 Å². The number of unbranched alkanes of at least 4 members (excludes halogenated alkanes) is 1. The van der Waals surface area contributed by atoms with Crippen LogP contribution in [0.15, 0.2) is 48.1 Å². The molecule has 0 saturated carbocycles. The normalized spacial score (nSPS) is 15.1. The first-order valence-electron chi connectivity index (χ1n) is 9.46. The van der Waals surface area contributed by atoms with Gasteiger partial charge in [0.1, 0.15) is 0 Å². The Morgan fingerprint density at radius 3 is 2.21 bits per heavy atom. The summed E-state index contributed by atoms with van der Waals surface area (Å²) in [6, 6.07) is 6.64. The van der Waals surface area contributed by atoms with Gasteiger partial charge in [-0.05, 0) is 38.3 Å². The molecule has 6 nitrogen and oxygen atoms in total. The lowest BCUT2D eigenvalue weighted by Gasteiger charge is -2.31. The topological polar surface area (TPSA) is 83.6 Å². The van der Waals surface area contributed by atoms with Crippen LogP contribution < -0.4 is 5.32 Å². The van der Waals surface area contributed by atoms with Crippen LogP contribution in [0.3, 0.4) is 0 Å². The van der Waals surface area contributed by atoms with E-state index >= 15 is 0 Å². The number of ketones is 1. The van der Waals surface area contributed by atoms with Crippen LogP contribution in [0.2, 0.25) is 0 Å². The van der Waals surface area contributed by atoms with Crippen molar-refractivity contribution < 1.29 is 18.0 Å². The molecule has 154 valence electrons. The van der Waals surface area contributed by atoms with Crippen molar-refractivity contribution in [3.05, 3.63) is 48.7 Å². The van der Waals surface area contributed by atoms with Crippen LogP contribution in [0, 0.1) is 6.92 Å². The molecule has 0 aliphatic carbocycles. The number of Topliss-reactive ketones (excluding diaryl/α,β-unsaturated/α-hetero) is 1. The monoisotopic (exact) mass is 406 g/mol. The minimum Gasteiger partial charge on any atom is -0.347 e. The minimum absolute atomic E-state index is 0.150. The Kier molecular flexibility index (Phi) is 9.87. The summed E-state index contributed by atoms with van der Waals surface area (Å²) in [5.74, 6) is -0.940. The summed E-state index contributed by atoms with van der Waals surface area (Å²) in [7, 11) is -3.51. The Morgan fingerprint density at radius 2 is 1.71 bits per heavy atom. The molecule has 1 fully saturated rings. The smallest absolute Gasteiger partial charge is 0.287 e. The van der Waals surface area contributed by atoms with Crippen LogP contribution >= 0.6 is 0 Å². The fraction of sp³-hybridized carbons (Fsp3) is 0.476. The summed E-state index contributed by atoms with van der Waals surface area (Å²) < 4.78 is 26.7. The summed E-state index contributed by atoms with van der Waals surface area (Å²) in [4.78, 5) is 23.8. The minimum atomic E-state index is -3.51. The Balaban J connectivity index is 0.00000122. The second-order valence-corrected chi connectivity index (χ2v) is 8.68. The van der Waals surface area contributed by atoms with Crippen LogP contribution in [0.4, 0.5) is 0 Å². The summed E-state index contributed by atoms with van der Waals surface area (Å²) >= 11 is 0. The number of hydrogen-bond acceptors (Lipinski definition) is 4. The van der Waals surface area contributed by atoms with Gasteiger partial charge in [0, 0.05) is 25.6 Å². The maximum atomic E-state index is 12.6. The molecule has 1 amide bonds. The molecule has 1 saturated heterocycles. The van der Waals surface area contributed by atoms with Crippen LogP contribution in [0.1, 0.15) is 44.6 Å². The molecule has 28 heavy (non-hydrogen) atoms. The number of aryl methyl sites for hydroxylation is 1. The number of carbonyl (C=O) groups excluding carboxylic acids is 2. The molecule has 1 aliphatic rings. The molecular formula is C21H30N2O4S. The van der Waals surface area contributed by atoms with E-state index in [1.165, 1.54) is 4.31 Å². The predicted octanol–water partition coefficient (Wildman–Crippen LogP) is 2.98. The van der Waals surface area contributed by atoms with E-state index in [9.17, 15) is 18.0 Å². The largest absolute Gasteiger partial charge is 0.347 e. The molecule has 0 spiro atoms. The molecule has 0 atom stereocenters. The number of piperidine rings is 1. The maximum Gasteiger partial charge on any atom is 0.287 e. The molecule has 1 aliphatic heterocycles. The third-order valence-corrected chi connectivity index (χ3v) is 6.37. The molecule has 7 heteroatoms. The summed E-state index contributed by atoms with van der Waals surface area (Å²) in [5, 5.41) is 2.74. The van der Waals surface area contributed by atoms with Gasteiger partial charge in [0.25, 0.3) is 5.91 Å². The standard InChI is InChI=1S/C18H26N2O4S.C3H4/c1-3-4-5-17(21)18(22)19-15-10-12-20(13-11-15)25(23,24)16-8-6-14(2)7-9-16;1-3-2/h6-9,15H,3-5,10-13H2,1-2H3,(H,19,22);1-2H2. The van der Waals surface area contributed by atoms with Gasteiger partial charge in [-0.25, -0.2) is 8.42 Å². The number of amides is 1. The first-order chi connectivity index (χ1) is 13.3. The zero-order valence-corrected chi connectivity index (χ0v) is 17.6. The number of rotatable bonds is 7. The van der Waals surface area contributed by atoms with Crippen molar-refractivity contribution >= 4 is 21.7 Å². The summed E-state index contributed by atoms with van der Waals surface area (Å²) in [6.45, 7) is 10.8. The van der Waals surface area contributed by atoms with Crippen LogP contribution in [-0.4, -0.2) is 43.5 Å². The summed E-state index contributed by atoms with van der Waals surface area (Å²) in [6.07, 6.45) is 2.87. The average Bonchev–Trinajstić information content (AvgIpc) is 2.67. The molecule has 0 unspecified atom stereocenters. The van der Waals surface area contributed by atoms with E-state index < -0.39 is 21.7 Å². The number of nitrogens with one attached hydrogen (secondary N) is 1. The zero-order valence-electron chi connectivity index (χ0n) is 16.7. The van der Waals surface area contributed by atoms with Crippen molar-refractivity contribution in [2.45, 2.75) is 56.9 Å². The highest BCUT2D eigenvalue weighted by Gasteiger charge is 2.30. The highest BCUT2D eigenvalue weighted by Crippen LogP contribution is 2.21. The number of carbonyl (C=O) groups is 2. The van der Waals surface area contributed by atoms with Gasteiger partial charge in [0.05, 0.1) is 4.90 Å². The number of hydrogen-bond donors (Lipinski definition) is 1. The Labute approximate surface area is 168 Å². The van der Waals surface area contributed by atoms with Crippen molar-refractivity contribution in [1.29, 1.82) is 0 Å². The molecule has 1 N–H and O–H groups in total. The van der Waals surface area contributed by atoms with Crippen LogP contribution in [0.25, 0.3) is 0 Å². The Bertz CT molecular complexity index is 786. The quantitative estimate of drug-likeness (QED) is 0.557. The fourth-order valence-electron chi connectivity index (χ4n) is 2.82. The van der Waals surface area contributed by atoms with Crippen molar-refractivity contribution in [3.63, 3.8) is 0 Å². The van der Waals surface area contributed by atoms with Gasteiger partial charge < -0.3 is 5.32 Å². The Hall–Kier alpha value is -2.21. The van der Waals surface area contributed by atoms with E-state index in [0.29, 0.717) is 32.4 Å². The lowest BCUT2D eigenvalue weighted by atomic mass is 10.1. The molecule has 0 aromatic heterocycles. The maximum absolute atomic E-state index is 12.6. The first-order valence-corrected chi connectivity index (χ1v) is 10.9. The number of benzene rings is 1. The molecule has 0 bridgehead atoms. The zero-order chi connectivity index (χ0) is 21.2. The summed E-state index contributed by atoms with van der Waals surface area (Å²) in [5.41, 5.74) is 3.26. The predicted molar refractivity (Wildman–Crippen MR) is 110 cm³/mol. The van der Waals surface area contributed by atoms with E-state index in [1.54, 1.807) is 24.3 Å². The van der Waals surface area contributed by atoms with Crippen molar-refractivity contribution in [1.82, 2.24) is 9.62 Å². The van der Waals surface area contributed by atoms with Gasteiger partial charge in [0.2, 0.25) is 15.8 Å². The molecular weight excluding hydrogens is 376 g/mol. The van der Waals surface area contributed by atoms with E-state index in [1.807, 2.05) is 13.8 Å². The lowest BCUT2D eigenvalue weighted by molar-refractivity contribution is -0.138. The molecule has 1 aromatic carbocycles. The number of nitrogens with zero attached hydrogens (tertiary/aromatic N) is 1. The second kappa shape index (κ2) is 11.6. The average molecular weight is 407 g/mol. The first kappa shape index (κ1) is 23.8. The van der Waals surface area contributed by atoms with Crippen LogP contribution in [0.5, 0.6) is 0 Å².